The largest absolute Gasteiger partial charge is 0.760 e. The predicted molar refractivity (Wildman–Crippen MR) is 140 cm³/mol. The van der Waals surface area contributed by atoms with E-state index < -0.39 is 11.3 Å². The third kappa shape index (κ3) is 4.27. The maximum absolute atomic E-state index is 12.6. The van der Waals surface area contributed by atoms with E-state index >= 15 is 0 Å². The lowest BCUT2D eigenvalue weighted by molar-refractivity contribution is 0.523. The fourth-order valence-electron chi connectivity index (χ4n) is 4.78. The molecule has 0 aliphatic heterocycles. The molecule has 5 rings (SSSR count). The molecule has 0 bridgehead atoms. The van der Waals surface area contributed by atoms with Crippen LogP contribution in [0, 0.1) is 20.8 Å². The van der Waals surface area contributed by atoms with Crippen LogP contribution in [-0.4, -0.2) is 39.4 Å². The maximum atomic E-state index is 12.6. The molecule has 0 saturated heterocycles. The summed E-state index contributed by atoms with van der Waals surface area (Å²) in [6, 6.07) is 10.1. The number of hydrogen-bond acceptors (Lipinski definition) is 5. The van der Waals surface area contributed by atoms with Crippen LogP contribution in [0.3, 0.4) is 0 Å². The van der Waals surface area contributed by atoms with Gasteiger partial charge in [-0.15, -0.1) is 0 Å². The molecule has 1 unspecified atom stereocenters. The second-order valence-corrected chi connectivity index (χ2v) is 9.82. The Morgan fingerprint density at radius 3 is 2.61 bits per heavy atom. The highest BCUT2D eigenvalue weighted by Gasteiger charge is 2.19. The lowest BCUT2D eigenvalue weighted by atomic mass is 10.0. The van der Waals surface area contributed by atoms with Gasteiger partial charge in [-0.1, -0.05) is 18.2 Å². The first kappa shape index (κ1) is 24.1. The Balaban J connectivity index is 1.73. The van der Waals surface area contributed by atoms with Crippen molar-refractivity contribution in [1.29, 1.82) is 0 Å². The molecule has 1 aromatic carbocycles. The number of rotatable bonds is 7. The molecular formula is C26H27N6O3S-. The van der Waals surface area contributed by atoms with E-state index in [1.54, 1.807) is 24.0 Å². The van der Waals surface area contributed by atoms with Crippen molar-refractivity contribution in [3.63, 3.8) is 0 Å². The number of hydrogen-bond donors (Lipinski definition) is 2. The molecule has 0 aliphatic carbocycles. The monoisotopic (exact) mass is 503 g/mol. The number of aromatic amines is 1. The van der Waals surface area contributed by atoms with Gasteiger partial charge in [0.1, 0.15) is 16.9 Å². The average Bonchev–Trinajstić information content (AvgIpc) is 3.43. The Labute approximate surface area is 210 Å². The molecule has 2 N–H and O–H groups in total. The van der Waals surface area contributed by atoms with E-state index in [2.05, 4.69) is 46.3 Å². The Bertz CT molecular complexity index is 1680. The SMILES string of the molecule is Cc1cccc(C)c1Cn1c(C)nc2c(CCNS(=O)[O-])cc(-c3cn(C)c(=O)c4[nH]ccc34)nc21. The van der Waals surface area contributed by atoms with Crippen molar-refractivity contribution in [3.8, 4) is 11.3 Å². The Hall–Kier alpha value is -3.60. The van der Waals surface area contributed by atoms with Crippen LogP contribution in [0.2, 0.25) is 0 Å². The molecule has 10 heteroatoms. The van der Waals surface area contributed by atoms with Gasteiger partial charge >= 0.3 is 0 Å². The second kappa shape index (κ2) is 9.45. The molecule has 5 aromatic rings. The summed E-state index contributed by atoms with van der Waals surface area (Å²) < 4.78 is 28.2. The van der Waals surface area contributed by atoms with Gasteiger partial charge in [0.15, 0.2) is 5.65 Å². The molecule has 36 heavy (non-hydrogen) atoms. The fourth-order valence-corrected chi connectivity index (χ4v) is 5.05. The van der Waals surface area contributed by atoms with Gasteiger partial charge in [-0.2, -0.15) is 0 Å². The Kier molecular flexibility index (Phi) is 6.33. The van der Waals surface area contributed by atoms with Gasteiger partial charge in [-0.3, -0.25) is 9.00 Å². The molecule has 1 atom stereocenters. The van der Waals surface area contributed by atoms with E-state index in [0.29, 0.717) is 24.2 Å². The summed E-state index contributed by atoms with van der Waals surface area (Å²) in [7, 11) is 1.72. The minimum atomic E-state index is -2.35. The Morgan fingerprint density at radius 2 is 1.89 bits per heavy atom. The number of nitrogens with zero attached hydrogens (tertiary/aromatic N) is 4. The van der Waals surface area contributed by atoms with Crippen LogP contribution in [0.1, 0.15) is 28.1 Å². The first-order chi connectivity index (χ1) is 17.2. The number of aryl methyl sites for hydroxylation is 4. The quantitative estimate of drug-likeness (QED) is 0.331. The lowest BCUT2D eigenvalue weighted by Crippen LogP contribution is -2.19. The molecule has 0 aliphatic rings. The first-order valence-corrected chi connectivity index (χ1v) is 12.7. The van der Waals surface area contributed by atoms with Crippen LogP contribution in [0.4, 0.5) is 0 Å². The van der Waals surface area contributed by atoms with Crippen molar-refractivity contribution in [1.82, 2.24) is 28.8 Å². The van der Waals surface area contributed by atoms with Gasteiger partial charge < -0.3 is 18.7 Å². The van der Waals surface area contributed by atoms with E-state index in [4.69, 9.17) is 9.97 Å². The summed E-state index contributed by atoms with van der Waals surface area (Å²) in [4.78, 5) is 25.6. The third-order valence-electron chi connectivity index (χ3n) is 6.72. The zero-order chi connectivity index (χ0) is 25.6. The number of aromatic nitrogens is 5. The van der Waals surface area contributed by atoms with Crippen LogP contribution >= 0.6 is 0 Å². The average molecular weight is 504 g/mol. The molecule has 0 spiro atoms. The zero-order valence-electron chi connectivity index (χ0n) is 20.6. The molecule has 9 nitrogen and oxygen atoms in total. The van der Waals surface area contributed by atoms with Crippen molar-refractivity contribution < 1.29 is 8.76 Å². The standard InChI is InChI=1S/C26H28N6O3S/c1-15-6-5-7-16(2)20(15)14-32-17(3)29-23-18(8-11-28-36(34)35)12-22(30-25(23)32)21-13-31(4)26(33)24-19(21)9-10-27-24/h5-7,9-10,12-13,27-28H,8,11,14H2,1-4H3,(H,34,35)/p-1. The van der Waals surface area contributed by atoms with E-state index in [-0.39, 0.29) is 12.1 Å². The van der Waals surface area contributed by atoms with Crippen molar-refractivity contribution in [2.24, 2.45) is 7.05 Å². The van der Waals surface area contributed by atoms with Crippen molar-refractivity contribution in [3.05, 3.63) is 81.2 Å². The predicted octanol–water partition coefficient (Wildman–Crippen LogP) is 3.18. The maximum Gasteiger partial charge on any atom is 0.274 e. The van der Waals surface area contributed by atoms with Crippen LogP contribution in [0.25, 0.3) is 33.3 Å². The summed E-state index contributed by atoms with van der Waals surface area (Å²) in [5.74, 6) is 0.825. The van der Waals surface area contributed by atoms with Gasteiger partial charge in [-0.25, -0.2) is 14.7 Å². The molecule has 0 saturated carbocycles. The topological polar surface area (TPSA) is 121 Å². The van der Waals surface area contributed by atoms with Crippen LogP contribution < -0.4 is 10.3 Å². The summed E-state index contributed by atoms with van der Waals surface area (Å²) in [6.07, 6.45) is 3.99. The Morgan fingerprint density at radius 1 is 1.14 bits per heavy atom. The summed E-state index contributed by atoms with van der Waals surface area (Å²) in [5.41, 5.74) is 7.88. The first-order valence-electron chi connectivity index (χ1n) is 11.7. The molecule has 4 heterocycles. The highest BCUT2D eigenvalue weighted by atomic mass is 32.2. The molecule has 0 fully saturated rings. The van der Waals surface area contributed by atoms with E-state index in [1.165, 1.54) is 16.7 Å². The van der Waals surface area contributed by atoms with Crippen LogP contribution in [-0.2, 0) is 31.3 Å². The van der Waals surface area contributed by atoms with Crippen molar-refractivity contribution in [2.75, 3.05) is 6.54 Å². The van der Waals surface area contributed by atoms with Gasteiger partial charge in [0.05, 0.1) is 12.2 Å². The summed E-state index contributed by atoms with van der Waals surface area (Å²) in [6.45, 7) is 7.02. The summed E-state index contributed by atoms with van der Waals surface area (Å²) in [5, 5.41) is 0.784. The number of imidazole rings is 1. The second-order valence-electron chi connectivity index (χ2n) is 9.06. The number of H-pyrrole nitrogens is 1. The highest BCUT2D eigenvalue weighted by Crippen LogP contribution is 2.30. The van der Waals surface area contributed by atoms with Gasteiger partial charge in [0, 0.05) is 48.2 Å². The van der Waals surface area contributed by atoms with Gasteiger partial charge in [0.25, 0.3) is 5.56 Å². The van der Waals surface area contributed by atoms with Crippen molar-refractivity contribution in [2.45, 2.75) is 33.7 Å². The van der Waals surface area contributed by atoms with Gasteiger partial charge in [-0.05, 0) is 61.6 Å². The molecule has 0 radical (unpaired) electrons. The van der Waals surface area contributed by atoms with E-state index in [9.17, 15) is 13.6 Å². The van der Waals surface area contributed by atoms with Crippen molar-refractivity contribution >= 4 is 33.3 Å². The van der Waals surface area contributed by atoms with Crippen LogP contribution in [0.5, 0.6) is 0 Å². The number of pyridine rings is 2. The smallest absolute Gasteiger partial charge is 0.274 e. The molecule has 4 aromatic heterocycles. The van der Waals surface area contributed by atoms with E-state index in [1.807, 2.05) is 19.1 Å². The fraction of sp³-hybridized carbons (Fsp3) is 0.269. The third-order valence-corrected chi connectivity index (χ3v) is 7.16. The highest BCUT2D eigenvalue weighted by molar-refractivity contribution is 7.77. The van der Waals surface area contributed by atoms with Crippen LogP contribution in [0.15, 0.2) is 47.5 Å². The molecule has 0 amide bonds. The summed E-state index contributed by atoms with van der Waals surface area (Å²) >= 11 is -2.35. The number of fused-ring (bicyclic) bond motifs is 2. The van der Waals surface area contributed by atoms with Gasteiger partial charge in [0.2, 0.25) is 0 Å². The number of benzene rings is 1. The lowest BCUT2D eigenvalue weighted by Gasteiger charge is -2.14. The number of nitrogens with one attached hydrogen (secondary N) is 2. The zero-order valence-corrected chi connectivity index (χ0v) is 21.4. The molecule has 186 valence electrons. The van der Waals surface area contributed by atoms with E-state index in [0.717, 1.165) is 33.5 Å². The minimum absolute atomic E-state index is 0.113. The normalized spacial score (nSPS) is 12.6. The minimum Gasteiger partial charge on any atom is -0.760 e. The molecular weight excluding hydrogens is 476 g/mol.